The predicted octanol–water partition coefficient (Wildman–Crippen LogP) is 4.17. The van der Waals surface area contributed by atoms with Gasteiger partial charge in [-0.3, -0.25) is 14.0 Å². The molecule has 8 heteroatoms. The van der Waals surface area contributed by atoms with Gasteiger partial charge in [0.2, 0.25) is 0 Å². The minimum atomic E-state index is -3.89. The third kappa shape index (κ3) is 5.65. The molecule has 2 aliphatic heterocycles. The number of anilines is 1. The SMILES string of the molecule is Cc1ccc(S(=O)(=O)N2CC(C(=O)NCc3ccc(CN4CCCC4)cc3)Oc3ccc(C)cc32)cc1. The molecule has 2 aliphatic rings. The van der Waals surface area contributed by atoms with Gasteiger partial charge in [-0.1, -0.05) is 48.0 Å². The number of hydrogen-bond acceptors (Lipinski definition) is 5. The number of sulfonamides is 1. The Labute approximate surface area is 219 Å². The average molecular weight is 520 g/mol. The second-order valence-corrected chi connectivity index (χ2v) is 11.8. The lowest BCUT2D eigenvalue weighted by atomic mass is 10.1. The number of fused-ring (bicyclic) bond motifs is 1. The van der Waals surface area contributed by atoms with Gasteiger partial charge in [0.25, 0.3) is 15.9 Å². The molecule has 1 saturated heterocycles. The van der Waals surface area contributed by atoms with E-state index in [1.165, 1.54) is 22.7 Å². The van der Waals surface area contributed by atoms with E-state index in [1.54, 1.807) is 36.4 Å². The molecule has 2 heterocycles. The number of ether oxygens (including phenoxy) is 1. The van der Waals surface area contributed by atoms with Gasteiger partial charge in [-0.05, 0) is 80.7 Å². The summed E-state index contributed by atoms with van der Waals surface area (Å²) in [7, 11) is -3.89. The smallest absolute Gasteiger partial charge is 0.264 e. The van der Waals surface area contributed by atoms with Crippen LogP contribution in [0.3, 0.4) is 0 Å². The van der Waals surface area contributed by atoms with E-state index in [1.807, 2.05) is 32.0 Å². The van der Waals surface area contributed by atoms with E-state index in [-0.39, 0.29) is 17.3 Å². The topological polar surface area (TPSA) is 79.0 Å². The van der Waals surface area contributed by atoms with E-state index in [0.717, 1.165) is 36.3 Å². The first-order valence-corrected chi connectivity index (χ1v) is 14.2. The number of carbonyl (C=O) groups excluding carboxylic acids is 1. The van der Waals surface area contributed by atoms with Crippen molar-refractivity contribution in [1.82, 2.24) is 10.2 Å². The van der Waals surface area contributed by atoms with Crippen molar-refractivity contribution in [1.29, 1.82) is 0 Å². The molecular formula is C29H33N3O4S. The molecule has 7 nitrogen and oxygen atoms in total. The van der Waals surface area contributed by atoms with Crippen LogP contribution in [0.4, 0.5) is 5.69 Å². The van der Waals surface area contributed by atoms with Gasteiger partial charge in [0.1, 0.15) is 5.75 Å². The number of aryl methyl sites for hydroxylation is 2. The molecule has 5 rings (SSSR count). The number of hydrogen-bond donors (Lipinski definition) is 1. The second kappa shape index (κ2) is 10.6. The number of nitrogens with zero attached hydrogens (tertiary/aromatic N) is 2. The molecule has 3 aromatic carbocycles. The van der Waals surface area contributed by atoms with Crippen molar-refractivity contribution in [2.24, 2.45) is 0 Å². The molecule has 1 atom stereocenters. The van der Waals surface area contributed by atoms with E-state index in [4.69, 9.17) is 4.74 Å². The quantitative estimate of drug-likeness (QED) is 0.507. The lowest BCUT2D eigenvalue weighted by Gasteiger charge is -2.35. The van der Waals surface area contributed by atoms with Crippen molar-refractivity contribution >= 4 is 21.6 Å². The maximum atomic E-state index is 13.6. The summed E-state index contributed by atoms with van der Waals surface area (Å²) in [6.07, 6.45) is 1.56. The van der Waals surface area contributed by atoms with Gasteiger partial charge in [0, 0.05) is 13.1 Å². The van der Waals surface area contributed by atoms with Crippen molar-refractivity contribution in [2.45, 2.75) is 50.8 Å². The van der Waals surface area contributed by atoms with E-state index >= 15 is 0 Å². The maximum Gasteiger partial charge on any atom is 0.264 e. The van der Waals surface area contributed by atoms with E-state index in [0.29, 0.717) is 18.0 Å². The average Bonchev–Trinajstić information content (AvgIpc) is 3.41. The number of rotatable bonds is 7. The molecule has 3 aromatic rings. The number of nitrogens with one attached hydrogen (secondary N) is 1. The minimum absolute atomic E-state index is 0.104. The summed E-state index contributed by atoms with van der Waals surface area (Å²) in [6, 6.07) is 20.3. The third-order valence-electron chi connectivity index (χ3n) is 6.98. The lowest BCUT2D eigenvalue weighted by molar-refractivity contribution is -0.127. The van der Waals surface area contributed by atoms with Gasteiger partial charge in [0.05, 0.1) is 17.1 Å². The van der Waals surface area contributed by atoms with Crippen LogP contribution in [0.2, 0.25) is 0 Å². The summed E-state index contributed by atoms with van der Waals surface area (Å²) in [4.78, 5) is 15.8. The largest absolute Gasteiger partial charge is 0.476 e. The zero-order valence-electron chi connectivity index (χ0n) is 21.3. The Balaban J connectivity index is 1.30. The summed E-state index contributed by atoms with van der Waals surface area (Å²) in [5, 5.41) is 2.93. The molecular weight excluding hydrogens is 486 g/mol. The first-order valence-electron chi connectivity index (χ1n) is 12.7. The van der Waals surface area contributed by atoms with Crippen molar-refractivity contribution in [2.75, 3.05) is 23.9 Å². The fourth-order valence-corrected chi connectivity index (χ4v) is 6.30. The third-order valence-corrected chi connectivity index (χ3v) is 8.77. The predicted molar refractivity (Wildman–Crippen MR) is 144 cm³/mol. The molecule has 1 N–H and O–H groups in total. The van der Waals surface area contributed by atoms with Crippen LogP contribution in [-0.4, -0.2) is 45.0 Å². The molecule has 0 bridgehead atoms. The van der Waals surface area contributed by atoms with Crippen molar-refractivity contribution < 1.29 is 17.9 Å². The normalized spacial score (nSPS) is 17.8. The monoisotopic (exact) mass is 519 g/mol. The van der Waals surface area contributed by atoms with Gasteiger partial charge >= 0.3 is 0 Å². The fraction of sp³-hybridized carbons (Fsp3) is 0.345. The Morgan fingerprint density at radius 1 is 0.919 bits per heavy atom. The van der Waals surface area contributed by atoms with Crippen LogP contribution in [-0.2, 0) is 27.9 Å². The number of amides is 1. The summed E-state index contributed by atoms with van der Waals surface area (Å²) in [6.45, 7) is 7.29. The minimum Gasteiger partial charge on any atom is -0.476 e. The van der Waals surface area contributed by atoms with E-state index < -0.39 is 16.1 Å². The Morgan fingerprint density at radius 3 is 2.27 bits per heavy atom. The zero-order valence-corrected chi connectivity index (χ0v) is 22.1. The number of likely N-dealkylation sites (tertiary alicyclic amines) is 1. The van der Waals surface area contributed by atoms with Crippen LogP contribution in [0.1, 0.15) is 35.1 Å². The molecule has 1 amide bonds. The summed E-state index contributed by atoms with van der Waals surface area (Å²) < 4.78 is 34.5. The Kier molecular flexibility index (Phi) is 7.22. The fourth-order valence-electron chi connectivity index (χ4n) is 4.83. The summed E-state index contributed by atoms with van der Waals surface area (Å²) in [5.74, 6) is 0.0235. The lowest BCUT2D eigenvalue weighted by Crippen LogP contribution is -2.50. The van der Waals surface area contributed by atoms with Crippen molar-refractivity contribution in [3.63, 3.8) is 0 Å². The molecule has 1 fully saturated rings. The molecule has 37 heavy (non-hydrogen) atoms. The second-order valence-electron chi connectivity index (χ2n) is 9.94. The first-order chi connectivity index (χ1) is 17.8. The summed E-state index contributed by atoms with van der Waals surface area (Å²) in [5.41, 5.74) is 4.56. The van der Waals surface area contributed by atoms with Crippen molar-refractivity contribution in [3.05, 3.63) is 89.0 Å². The molecule has 0 aliphatic carbocycles. The molecule has 1 unspecified atom stereocenters. The van der Waals surface area contributed by atoms with Gasteiger partial charge in [0.15, 0.2) is 6.10 Å². The molecule has 0 saturated carbocycles. The van der Waals surface area contributed by atoms with Crippen LogP contribution in [0.5, 0.6) is 5.75 Å². The molecule has 0 aromatic heterocycles. The Bertz CT molecular complexity index is 1370. The van der Waals surface area contributed by atoms with Crippen LogP contribution >= 0.6 is 0 Å². The highest BCUT2D eigenvalue weighted by Crippen LogP contribution is 2.37. The number of benzene rings is 3. The van der Waals surface area contributed by atoms with Gasteiger partial charge in [-0.2, -0.15) is 0 Å². The van der Waals surface area contributed by atoms with E-state index in [9.17, 15) is 13.2 Å². The van der Waals surface area contributed by atoms with Crippen LogP contribution < -0.4 is 14.4 Å². The standard InChI is InChI=1S/C29H33N3O4S/c1-21-5-12-25(13-6-21)37(34,35)32-20-28(36-27-14-7-22(2)17-26(27)32)29(33)30-18-23-8-10-24(11-9-23)19-31-15-3-4-16-31/h5-14,17,28H,3-4,15-16,18-20H2,1-2H3,(H,30,33). The molecule has 194 valence electrons. The maximum absolute atomic E-state index is 13.6. The van der Waals surface area contributed by atoms with Gasteiger partial charge < -0.3 is 10.1 Å². The highest BCUT2D eigenvalue weighted by atomic mass is 32.2. The highest BCUT2D eigenvalue weighted by molar-refractivity contribution is 7.92. The zero-order chi connectivity index (χ0) is 26.0. The Hall–Kier alpha value is -3.36. The molecule has 0 radical (unpaired) electrons. The number of carbonyl (C=O) groups is 1. The first kappa shape index (κ1) is 25.3. The van der Waals surface area contributed by atoms with Crippen LogP contribution in [0, 0.1) is 13.8 Å². The van der Waals surface area contributed by atoms with Crippen LogP contribution in [0.25, 0.3) is 0 Å². The van der Waals surface area contributed by atoms with Crippen LogP contribution in [0.15, 0.2) is 71.6 Å². The van der Waals surface area contributed by atoms with Crippen molar-refractivity contribution in [3.8, 4) is 5.75 Å². The Morgan fingerprint density at radius 2 is 1.57 bits per heavy atom. The van der Waals surface area contributed by atoms with E-state index in [2.05, 4.69) is 22.3 Å². The van der Waals surface area contributed by atoms with Gasteiger partial charge in [-0.25, -0.2) is 8.42 Å². The highest BCUT2D eigenvalue weighted by Gasteiger charge is 2.37. The summed E-state index contributed by atoms with van der Waals surface area (Å²) >= 11 is 0. The molecule has 0 spiro atoms. The van der Waals surface area contributed by atoms with Gasteiger partial charge in [-0.15, -0.1) is 0 Å².